The molecule has 0 atom stereocenters. The van der Waals surface area contributed by atoms with E-state index in [4.69, 9.17) is 11.6 Å². The quantitative estimate of drug-likeness (QED) is 0.842. The van der Waals surface area contributed by atoms with Crippen LogP contribution in [0.25, 0.3) is 0 Å². The van der Waals surface area contributed by atoms with E-state index in [1.807, 2.05) is 16.7 Å². The van der Waals surface area contributed by atoms with Gasteiger partial charge in [0.05, 0.1) is 12.3 Å². The van der Waals surface area contributed by atoms with Crippen molar-refractivity contribution in [1.82, 2.24) is 9.55 Å². The molecule has 0 saturated carbocycles. The molecule has 0 spiro atoms. The maximum atomic E-state index is 9.51. The lowest BCUT2D eigenvalue weighted by molar-refractivity contribution is 0.271. The largest absolute Gasteiger partial charge is 0.390 e. The van der Waals surface area contributed by atoms with Crippen molar-refractivity contribution in [2.45, 2.75) is 39.3 Å². The molecule has 108 valence electrons. The third-order valence-electron chi connectivity index (χ3n) is 3.26. The van der Waals surface area contributed by atoms with Gasteiger partial charge in [-0.15, -0.1) is 0 Å². The molecule has 0 aliphatic carbocycles. The van der Waals surface area contributed by atoms with Crippen molar-refractivity contribution >= 4 is 27.5 Å². The summed E-state index contributed by atoms with van der Waals surface area (Å²) in [6, 6.07) is 8.14. The molecule has 0 saturated heterocycles. The Morgan fingerprint density at radius 1 is 1.30 bits per heavy atom. The van der Waals surface area contributed by atoms with Crippen LogP contribution >= 0.6 is 27.5 Å². The fourth-order valence-corrected chi connectivity index (χ4v) is 2.66. The maximum absolute atomic E-state index is 9.51. The number of benzene rings is 1. The van der Waals surface area contributed by atoms with Gasteiger partial charge >= 0.3 is 0 Å². The first kappa shape index (κ1) is 15.5. The smallest absolute Gasteiger partial charge is 0.152 e. The molecule has 0 aliphatic rings. The molecule has 1 aromatic carbocycles. The van der Waals surface area contributed by atoms with Crippen LogP contribution in [0, 0.1) is 0 Å². The number of halogens is 2. The molecule has 5 heteroatoms. The van der Waals surface area contributed by atoms with Gasteiger partial charge in [0.1, 0.15) is 5.82 Å². The molecule has 1 N–H and O–H groups in total. The maximum Gasteiger partial charge on any atom is 0.152 e. The summed E-state index contributed by atoms with van der Waals surface area (Å²) in [5, 5.41) is 9.92. The fourth-order valence-electron chi connectivity index (χ4n) is 2.14. The first-order chi connectivity index (χ1) is 9.65. The molecular formula is C15H18BrClN2O. The molecule has 20 heavy (non-hydrogen) atoms. The molecule has 0 fully saturated rings. The average molecular weight is 358 g/mol. The topological polar surface area (TPSA) is 38.1 Å². The van der Waals surface area contributed by atoms with Gasteiger partial charge in [-0.1, -0.05) is 53.0 Å². The molecule has 0 aliphatic heterocycles. The Balaban J connectivity index is 2.30. The van der Waals surface area contributed by atoms with Crippen molar-refractivity contribution in [1.29, 1.82) is 0 Å². The van der Waals surface area contributed by atoms with E-state index in [1.165, 1.54) is 0 Å². The van der Waals surface area contributed by atoms with E-state index in [0.717, 1.165) is 35.1 Å². The predicted octanol–water partition coefficient (Wildman–Crippen LogP) is 4.18. The fraction of sp³-hybridized carbons (Fsp3) is 0.400. The van der Waals surface area contributed by atoms with Gasteiger partial charge in [-0.3, -0.25) is 0 Å². The number of aliphatic hydroxyl groups excluding tert-OH is 1. The van der Waals surface area contributed by atoms with Crippen LogP contribution in [0.4, 0.5) is 0 Å². The second-order valence-corrected chi connectivity index (χ2v) is 6.01. The van der Waals surface area contributed by atoms with Gasteiger partial charge in [0.15, 0.2) is 5.15 Å². The van der Waals surface area contributed by atoms with Crippen molar-refractivity contribution in [3.63, 3.8) is 0 Å². The van der Waals surface area contributed by atoms with Crippen molar-refractivity contribution in [3.8, 4) is 0 Å². The highest BCUT2D eigenvalue weighted by atomic mass is 79.9. The molecule has 0 unspecified atom stereocenters. The zero-order valence-electron chi connectivity index (χ0n) is 11.4. The highest BCUT2D eigenvalue weighted by Gasteiger charge is 2.15. The molecular weight excluding hydrogens is 340 g/mol. The minimum Gasteiger partial charge on any atom is -0.390 e. The van der Waals surface area contributed by atoms with Crippen molar-refractivity contribution in [2.24, 2.45) is 0 Å². The van der Waals surface area contributed by atoms with Gasteiger partial charge < -0.3 is 9.67 Å². The highest BCUT2D eigenvalue weighted by Crippen LogP contribution is 2.21. The zero-order chi connectivity index (χ0) is 14.5. The summed E-state index contributed by atoms with van der Waals surface area (Å²) >= 11 is 9.55. The van der Waals surface area contributed by atoms with E-state index in [0.29, 0.717) is 17.4 Å². The van der Waals surface area contributed by atoms with Crippen LogP contribution in [0.2, 0.25) is 5.15 Å². The summed E-state index contributed by atoms with van der Waals surface area (Å²) in [7, 11) is 0. The van der Waals surface area contributed by atoms with Crippen LogP contribution in [-0.4, -0.2) is 14.7 Å². The number of aromatic nitrogens is 2. The first-order valence-corrected chi connectivity index (χ1v) is 7.91. The van der Waals surface area contributed by atoms with Gasteiger partial charge in [0.2, 0.25) is 0 Å². The van der Waals surface area contributed by atoms with Crippen LogP contribution in [-0.2, 0) is 19.6 Å². The SMILES string of the molecule is CCCCc1nc(Cl)c(CO)n1Cc1ccc(Br)cc1. The molecule has 2 aromatic rings. The minimum atomic E-state index is -0.0888. The molecule has 1 aromatic heterocycles. The number of aliphatic hydroxyl groups is 1. The summed E-state index contributed by atoms with van der Waals surface area (Å²) in [5.74, 6) is 0.948. The molecule has 3 nitrogen and oxygen atoms in total. The Morgan fingerprint density at radius 3 is 2.60 bits per heavy atom. The Morgan fingerprint density at radius 2 is 2.00 bits per heavy atom. The van der Waals surface area contributed by atoms with E-state index >= 15 is 0 Å². The van der Waals surface area contributed by atoms with Crippen molar-refractivity contribution in [3.05, 3.63) is 51.0 Å². The van der Waals surface area contributed by atoms with Gasteiger partial charge in [0.25, 0.3) is 0 Å². The Kier molecular flexibility index (Phi) is 5.64. The second-order valence-electron chi connectivity index (χ2n) is 4.74. The van der Waals surface area contributed by atoms with Gasteiger partial charge in [-0.2, -0.15) is 0 Å². The summed E-state index contributed by atoms with van der Waals surface area (Å²) < 4.78 is 3.08. The Bertz CT molecular complexity index is 566. The van der Waals surface area contributed by atoms with Crippen LogP contribution < -0.4 is 0 Å². The van der Waals surface area contributed by atoms with Crippen LogP contribution in [0.3, 0.4) is 0 Å². The van der Waals surface area contributed by atoms with Crippen LogP contribution in [0.15, 0.2) is 28.7 Å². The normalized spacial score (nSPS) is 11.0. The summed E-state index contributed by atoms with van der Waals surface area (Å²) in [6.45, 7) is 2.74. The lowest BCUT2D eigenvalue weighted by Crippen LogP contribution is -2.09. The Labute approximate surface area is 132 Å². The minimum absolute atomic E-state index is 0.0888. The molecule has 1 heterocycles. The summed E-state index contributed by atoms with van der Waals surface area (Å²) in [5.41, 5.74) is 1.86. The van der Waals surface area contributed by atoms with E-state index in [9.17, 15) is 5.11 Å². The number of hydrogen-bond donors (Lipinski definition) is 1. The molecule has 0 bridgehead atoms. The van der Waals surface area contributed by atoms with Gasteiger partial charge in [-0.05, 0) is 24.1 Å². The van der Waals surface area contributed by atoms with Crippen LogP contribution in [0.5, 0.6) is 0 Å². The number of aryl methyl sites for hydroxylation is 1. The Hall–Kier alpha value is -0.840. The van der Waals surface area contributed by atoms with Crippen LogP contribution in [0.1, 0.15) is 36.8 Å². The van der Waals surface area contributed by atoms with E-state index in [1.54, 1.807) is 0 Å². The lowest BCUT2D eigenvalue weighted by atomic mass is 10.2. The molecule has 2 rings (SSSR count). The van der Waals surface area contributed by atoms with Crippen molar-refractivity contribution < 1.29 is 5.11 Å². The number of unbranched alkanes of at least 4 members (excludes halogenated alkanes) is 1. The van der Waals surface area contributed by atoms with E-state index in [2.05, 4.69) is 40.0 Å². The van der Waals surface area contributed by atoms with Crippen molar-refractivity contribution in [2.75, 3.05) is 0 Å². The summed E-state index contributed by atoms with van der Waals surface area (Å²) in [6.07, 6.45) is 3.06. The number of nitrogens with zero attached hydrogens (tertiary/aromatic N) is 2. The molecule has 0 amide bonds. The number of imidazole rings is 1. The highest BCUT2D eigenvalue weighted by molar-refractivity contribution is 9.10. The average Bonchev–Trinajstić information content (AvgIpc) is 2.74. The number of hydrogen-bond acceptors (Lipinski definition) is 2. The lowest BCUT2D eigenvalue weighted by Gasteiger charge is -2.11. The van der Waals surface area contributed by atoms with Gasteiger partial charge in [0, 0.05) is 17.4 Å². The standard InChI is InChI=1S/C15H18BrClN2O/c1-2-3-4-14-18-15(17)13(10-20)19(14)9-11-5-7-12(16)8-6-11/h5-8,20H,2-4,9-10H2,1H3. The second kappa shape index (κ2) is 7.25. The third-order valence-corrected chi connectivity index (χ3v) is 4.09. The van der Waals surface area contributed by atoms with E-state index in [-0.39, 0.29) is 6.61 Å². The van der Waals surface area contributed by atoms with E-state index < -0.39 is 0 Å². The predicted molar refractivity (Wildman–Crippen MR) is 85.0 cm³/mol. The first-order valence-electron chi connectivity index (χ1n) is 6.74. The monoisotopic (exact) mass is 356 g/mol. The zero-order valence-corrected chi connectivity index (χ0v) is 13.8. The number of rotatable bonds is 6. The third kappa shape index (κ3) is 3.62. The van der Waals surface area contributed by atoms with Gasteiger partial charge in [-0.25, -0.2) is 4.98 Å². The summed E-state index contributed by atoms with van der Waals surface area (Å²) in [4.78, 5) is 4.39. The molecule has 0 radical (unpaired) electrons.